The molecule has 3 rings (SSSR count). The van der Waals surface area contributed by atoms with Crippen molar-refractivity contribution in [3.63, 3.8) is 0 Å². The van der Waals surface area contributed by atoms with Crippen molar-refractivity contribution in [3.8, 4) is 23.0 Å². The van der Waals surface area contributed by atoms with Gasteiger partial charge in [0.1, 0.15) is 5.76 Å². The van der Waals surface area contributed by atoms with E-state index in [2.05, 4.69) is 10.3 Å². The maximum absolute atomic E-state index is 12.4. The van der Waals surface area contributed by atoms with Gasteiger partial charge in [-0.3, -0.25) is 4.79 Å². The smallest absolute Gasteiger partial charge is 0.232 e. The minimum absolute atomic E-state index is 0.0972. The summed E-state index contributed by atoms with van der Waals surface area (Å²) in [6.45, 7) is 1.83. The van der Waals surface area contributed by atoms with Gasteiger partial charge >= 0.3 is 0 Å². The Bertz CT molecular complexity index is 903. The van der Waals surface area contributed by atoms with E-state index in [1.165, 1.54) is 0 Å². The number of nitrogens with zero attached hydrogens (tertiary/aromatic N) is 1. The Labute approximate surface area is 151 Å². The molecule has 0 aliphatic heterocycles. The van der Waals surface area contributed by atoms with Crippen LogP contribution in [0.4, 0.5) is 5.69 Å². The molecule has 0 unspecified atom stereocenters. The zero-order chi connectivity index (χ0) is 18.5. The molecule has 6 heteroatoms. The van der Waals surface area contributed by atoms with Gasteiger partial charge in [-0.1, -0.05) is 18.2 Å². The summed E-state index contributed by atoms with van der Waals surface area (Å²) in [4.78, 5) is 16.8. The van der Waals surface area contributed by atoms with Crippen molar-refractivity contribution in [2.45, 2.75) is 13.3 Å². The van der Waals surface area contributed by atoms with Gasteiger partial charge in [-0.25, -0.2) is 4.98 Å². The molecular formula is C20H20N2O4. The van der Waals surface area contributed by atoms with Gasteiger partial charge in [0, 0.05) is 17.3 Å². The van der Waals surface area contributed by atoms with Gasteiger partial charge in [-0.05, 0) is 31.2 Å². The Balaban J connectivity index is 1.72. The highest BCUT2D eigenvalue weighted by atomic mass is 16.5. The van der Waals surface area contributed by atoms with E-state index in [9.17, 15) is 4.79 Å². The summed E-state index contributed by atoms with van der Waals surface area (Å²) in [5.41, 5.74) is 2.20. The zero-order valence-electron chi connectivity index (χ0n) is 14.9. The van der Waals surface area contributed by atoms with Crippen molar-refractivity contribution in [1.29, 1.82) is 0 Å². The minimum Gasteiger partial charge on any atom is -0.493 e. The summed E-state index contributed by atoms with van der Waals surface area (Å²) >= 11 is 0. The first-order chi connectivity index (χ1) is 12.6. The molecule has 0 spiro atoms. The fraction of sp³-hybridized carbons (Fsp3) is 0.200. The van der Waals surface area contributed by atoms with Crippen LogP contribution in [0.5, 0.6) is 11.5 Å². The van der Waals surface area contributed by atoms with Crippen molar-refractivity contribution < 1.29 is 18.7 Å². The lowest BCUT2D eigenvalue weighted by molar-refractivity contribution is -0.115. The monoisotopic (exact) mass is 352 g/mol. The number of hydrogen-bond donors (Lipinski definition) is 1. The maximum Gasteiger partial charge on any atom is 0.232 e. The van der Waals surface area contributed by atoms with E-state index >= 15 is 0 Å². The molecule has 26 heavy (non-hydrogen) atoms. The van der Waals surface area contributed by atoms with E-state index < -0.39 is 0 Å². The first-order valence-corrected chi connectivity index (χ1v) is 8.14. The van der Waals surface area contributed by atoms with Crippen LogP contribution in [0.1, 0.15) is 11.5 Å². The first-order valence-electron chi connectivity index (χ1n) is 8.14. The number of methoxy groups -OCH3 is 2. The zero-order valence-corrected chi connectivity index (χ0v) is 14.9. The van der Waals surface area contributed by atoms with Gasteiger partial charge in [0.05, 0.1) is 26.3 Å². The summed E-state index contributed by atoms with van der Waals surface area (Å²) in [7, 11) is 3.11. The van der Waals surface area contributed by atoms with Gasteiger partial charge in [-0.2, -0.15) is 0 Å². The lowest BCUT2D eigenvalue weighted by Crippen LogP contribution is -2.14. The Kier molecular flexibility index (Phi) is 5.22. The number of benzene rings is 2. The highest BCUT2D eigenvalue weighted by molar-refractivity contribution is 5.92. The maximum atomic E-state index is 12.4. The normalized spacial score (nSPS) is 10.4. The second kappa shape index (κ2) is 7.74. The molecule has 6 nitrogen and oxygen atoms in total. The molecule has 0 aliphatic rings. The van der Waals surface area contributed by atoms with Gasteiger partial charge in [-0.15, -0.1) is 0 Å². The number of aromatic nitrogens is 1. The molecule has 0 saturated carbocycles. The topological polar surface area (TPSA) is 73.6 Å². The van der Waals surface area contributed by atoms with E-state index in [0.717, 1.165) is 5.56 Å². The molecule has 1 aromatic heterocycles. The molecule has 0 atom stereocenters. The number of nitrogens with one attached hydrogen (secondary N) is 1. The third-order valence-corrected chi connectivity index (χ3v) is 3.90. The molecule has 0 aliphatic carbocycles. The molecule has 0 fully saturated rings. The summed E-state index contributed by atoms with van der Waals surface area (Å²) in [6, 6.07) is 14.8. The SMILES string of the molecule is COc1ccc(NC(=O)Cc2oc(-c3ccccc3)nc2C)cc1OC. The minimum atomic E-state index is -0.198. The van der Waals surface area contributed by atoms with Crippen LogP contribution in [0, 0.1) is 6.92 Å². The number of carbonyl (C=O) groups excluding carboxylic acids is 1. The summed E-state index contributed by atoms with van der Waals surface area (Å²) in [5.74, 6) is 2.01. The van der Waals surface area contributed by atoms with Crippen molar-refractivity contribution in [3.05, 3.63) is 60.0 Å². The molecule has 134 valence electrons. The number of aryl methyl sites for hydroxylation is 1. The molecule has 2 aromatic carbocycles. The highest BCUT2D eigenvalue weighted by Gasteiger charge is 2.15. The average molecular weight is 352 g/mol. The van der Waals surface area contributed by atoms with Crippen molar-refractivity contribution in [1.82, 2.24) is 4.98 Å². The molecule has 3 aromatic rings. The highest BCUT2D eigenvalue weighted by Crippen LogP contribution is 2.30. The van der Waals surface area contributed by atoms with Gasteiger partial charge in [0.25, 0.3) is 0 Å². The number of ether oxygens (including phenoxy) is 2. The predicted octanol–water partition coefficient (Wildman–Crippen LogP) is 3.85. The van der Waals surface area contributed by atoms with Crippen molar-refractivity contribution >= 4 is 11.6 Å². The molecular weight excluding hydrogens is 332 g/mol. The van der Waals surface area contributed by atoms with Crippen LogP contribution >= 0.6 is 0 Å². The van der Waals surface area contributed by atoms with Crippen LogP contribution in [0.25, 0.3) is 11.5 Å². The fourth-order valence-electron chi connectivity index (χ4n) is 2.56. The third kappa shape index (κ3) is 3.85. The second-order valence-corrected chi connectivity index (χ2v) is 5.69. The van der Waals surface area contributed by atoms with E-state index in [1.54, 1.807) is 32.4 Å². The largest absolute Gasteiger partial charge is 0.493 e. The quantitative estimate of drug-likeness (QED) is 0.729. The molecule has 0 saturated heterocycles. The van der Waals surface area contributed by atoms with E-state index in [0.29, 0.717) is 34.5 Å². The first kappa shape index (κ1) is 17.5. The summed E-state index contributed by atoms with van der Waals surface area (Å²) in [6.07, 6.45) is 0.0972. The lowest BCUT2D eigenvalue weighted by atomic mass is 10.2. The number of carbonyl (C=O) groups is 1. The van der Waals surface area contributed by atoms with Crippen LogP contribution in [-0.4, -0.2) is 25.1 Å². The number of rotatable bonds is 6. The summed E-state index contributed by atoms with van der Waals surface area (Å²) < 4.78 is 16.2. The predicted molar refractivity (Wildman–Crippen MR) is 98.6 cm³/mol. The molecule has 1 heterocycles. The van der Waals surface area contributed by atoms with Crippen LogP contribution < -0.4 is 14.8 Å². The molecule has 1 amide bonds. The second-order valence-electron chi connectivity index (χ2n) is 5.69. The van der Waals surface area contributed by atoms with Crippen LogP contribution in [-0.2, 0) is 11.2 Å². The van der Waals surface area contributed by atoms with Gasteiger partial charge < -0.3 is 19.2 Å². The van der Waals surface area contributed by atoms with Crippen LogP contribution in [0.3, 0.4) is 0 Å². The Morgan fingerprint density at radius 2 is 1.81 bits per heavy atom. The van der Waals surface area contributed by atoms with E-state index in [1.807, 2.05) is 37.3 Å². The lowest BCUT2D eigenvalue weighted by Gasteiger charge is -2.10. The number of amides is 1. The van der Waals surface area contributed by atoms with Crippen LogP contribution in [0.2, 0.25) is 0 Å². The standard InChI is InChI=1S/C20H20N2O4/c1-13-17(26-20(21-13)14-7-5-4-6-8-14)12-19(23)22-15-9-10-16(24-2)18(11-15)25-3/h4-11H,12H2,1-3H3,(H,22,23). The van der Waals surface area contributed by atoms with Crippen molar-refractivity contribution in [2.24, 2.45) is 0 Å². The summed E-state index contributed by atoms with van der Waals surface area (Å²) in [5, 5.41) is 2.83. The van der Waals surface area contributed by atoms with E-state index in [4.69, 9.17) is 13.9 Å². The average Bonchev–Trinajstić information content (AvgIpc) is 3.02. The number of hydrogen-bond acceptors (Lipinski definition) is 5. The molecule has 0 bridgehead atoms. The van der Waals surface area contributed by atoms with Gasteiger partial charge in [0.15, 0.2) is 11.5 Å². The third-order valence-electron chi connectivity index (χ3n) is 3.90. The Morgan fingerprint density at radius 3 is 2.50 bits per heavy atom. The Hall–Kier alpha value is -3.28. The van der Waals surface area contributed by atoms with Crippen LogP contribution in [0.15, 0.2) is 52.9 Å². The van der Waals surface area contributed by atoms with E-state index in [-0.39, 0.29) is 12.3 Å². The molecule has 0 radical (unpaired) electrons. The Morgan fingerprint density at radius 1 is 1.08 bits per heavy atom. The van der Waals surface area contributed by atoms with Gasteiger partial charge in [0.2, 0.25) is 11.8 Å². The fourth-order valence-corrected chi connectivity index (χ4v) is 2.56. The number of oxazole rings is 1. The molecule has 1 N–H and O–H groups in total. The van der Waals surface area contributed by atoms with Crippen molar-refractivity contribution in [2.75, 3.05) is 19.5 Å². The number of anilines is 1.